The third kappa shape index (κ3) is 3.66. The second-order valence-corrected chi connectivity index (χ2v) is 7.92. The molecule has 1 aromatic heterocycles. The van der Waals surface area contributed by atoms with Crippen LogP contribution in [0.3, 0.4) is 0 Å². The van der Waals surface area contributed by atoms with E-state index < -0.39 is 5.97 Å². The lowest BCUT2D eigenvalue weighted by molar-refractivity contribution is 0.0603. The number of amides is 1. The zero-order chi connectivity index (χ0) is 18.7. The van der Waals surface area contributed by atoms with E-state index in [0.29, 0.717) is 16.1 Å². The topological polar surface area (TPSA) is 55.4 Å². The first-order valence-electron chi connectivity index (χ1n) is 7.86. The molecule has 26 heavy (non-hydrogen) atoms. The number of esters is 1. The van der Waals surface area contributed by atoms with Crippen molar-refractivity contribution in [3.63, 3.8) is 0 Å². The van der Waals surface area contributed by atoms with Gasteiger partial charge in [-0.1, -0.05) is 42.5 Å². The molecule has 6 heteroatoms. The maximum absolute atomic E-state index is 12.7. The van der Waals surface area contributed by atoms with Gasteiger partial charge in [0.1, 0.15) is 10.6 Å². The highest BCUT2D eigenvalue weighted by Gasteiger charge is 2.25. The molecule has 0 aliphatic carbocycles. The number of thiophene rings is 1. The van der Waals surface area contributed by atoms with Gasteiger partial charge >= 0.3 is 5.97 Å². The molecule has 0 fully saturated rings. The van der Waals surface area contributed by atoms with Crippen LogP contribution in [0, 0.1) is 10.5 Å². The van der Waals surface area contributed by atoms with Crippen LogP contribution in [0.2, 0.25) is 0 Å². The molecule has 0 atom stereocenters. The molecule has 132 valence electrons. The molecule has 0 bridgehead atoms. The Kier molecular flexibility index (Phi) is 5.73. The fourth-order valence-corrected chi connectivity index (χ4v) is 4.39. The summed E-state index contributed by atoms with van der Waals surface area (Å²) in [7, 11) is 1.34. The van der Waals surface area contributed by atoms with Gasteiger partial charge in [-0.15, -0.1) is 11.3 Å². The lowest BCUT2D eigenvalue weighted by atomic mass is 10.0. The van der Waals surface area contributed by atoms with E-state index in [1.54, 1.807) is 6.07 Å². The number of rotatable bonds is 4. The molecule has 1 N–H and O–H groups in total. The number of benzene rings is 2. The Morgan fingerprint density at radius 3 is 2.35 bits per heavy atom. The molecule has 2 aromatic carbocycles. The molecule has 1 heterocycles. The molecule has 3 aromatic rings. The summed E-state index contributed by atoms with van der Waals surface area (Å²) in [5, 5.41) is 3.39. The molecule has 0 aliphatic heterocycles. The van der Waals surface area contributed by atoms with Crippen LogP contribution < -0.4 is 5.32 Å². The van der Waals surface area contributed by atoms with Crippen molar-refractivity contribution in [2.75, 3.05) is 12.4 Å². The van der Waals surface area contributed by atoms with Gasteiger partial charge in [0.15, 0.2) is 0 Å². The summed E-state index contributed by atoms with van der Waals surface area (Å²) in [6.45, 7) is 1.93. The summed E-state index contributed by atoms with van der Waals surface area (Å²) >= 11 is 3.49. The van der Waals surface area contributed by atoms with Crippen LogP contribution in [0.25, 0.3) is 11.1 Å². The first kappa shape index (κ1) is 18.6. The number of ether oxygens (including phenoxy) is 1. The molecule has 3 rings (SSSR count). The second kappa shape index (κ2) is 8.01. The van der Waals surface area contributed by atoms with Gasteiger partial charge in [-0.05, 0) is 47.2 Å². The van der Waals surface area contributed by atoms with Crippen molar-refractivity contribution >= 4 is 50.8 Å². The number of hydrogen-bond acceptors (Lipinski definition) is 4. The number of halogens is 1. The number of aryl methyl sites for hydroxylation is 1. The molecule has 0 saturated carbocycles. The first-order valence-corrected chi connectivity index (χ1v) is 9.75. The van der Waals surface area contributed by atoms with Crippen molar-refractivity contribution in [3.05, 3.63) is 74.2 Å². The van der Waals surface area contributed by atoms with Gasteiger partial charge in [0.05, 0.1) is 12.7 Å². The van der Waals surface area contributed by atoms with Crippen LogP contribution in [0.5, 0.6) is 0 Å². The second-order valence-electron chi connectivity index (χ2n) is 5.53. The van der Waals surface area contributed by atoms with Crippen LogP contribution in [0.4, 0.5) is 5.00 Å². The monoisotopic (exact) mass is 477 g/mol. The minimum absolute atomic E-state index is 0.249. The Morgan fingerprint density at radius 1 is 1.04 bits per heavy atom. The van der Waals surface area contributed by atoms with Crippen LogP contribution >= 0.6 is 33.9 Å². The van der Waals surface area contributed by atoms with E-state index in [0.717, 1.165) is 19.6 Å². The van der Waals surface area contributed by atoms with Crippen LogP contribution in [0.1, 0.15) is 25.6 Å². The summed E-state index contributed by atoms with van der Waals surface area (Å²) < 4.78 is 5.82. The smallest absolute Gasteiger partial charge is 0.341 e. The van der Waals surface area contributed by atoms with Gasteiger partial charge in [-0.2, -0.15) is 0 Å². The van der Waals surface area contributed by atoms with Gasteiger partial charge in [0, 0.05) is 14.0 Å². The quantitative estimate of drug-likeness (QED) is 0.406. The molecule has 0 saturated heterocycles. The maximum atomic E-state index is 12.7. The van der Waals surface area contributed by atoms with Crippen molar-refractivity contribution in [3.8, 4) is 11.1 Å². The first-order chi connectivity index (χ1) is 12.5. The van der Waals surface area contributed by atoms with Gasteiger partial charge < -0.3 is 10.1 Å². The zero-order valence-electron chi connectivity index (χ0n) is 14.2. The van der Waals surface area contributed by atoms with Crippen LogP contribution in [-0.2, 0) is 4.74 Å². The Labute approximate surface area is 169 Å². The molecular formula is C20H16INO3S. The molecular weight excluding hydrogens is 461 g/mol. The number of carbonyl (C=O) groups excluding carboxylic acids is 2. The highest BCUT2D eigenvalue weighted by molar-refractivity contribution is 14.1. The Bertz CT molecular complexity index is 966. The predicted molar refractivity (Wildman–Crippen MR) is 113 cm³/mol. The number of nitrogens with one attached hydrogen (secondary N) is 1. The summed E-state index contributed by atoms with van der Waals surface area (Å²) in [5.41, 5.74) is 2.66. The van der Waals surface area contributed by atoms with Gasteiger partial charge in [-0.3, -0.25) is 4.79 Å². The van der Waals surface area contributed by atoms with Crippen LogP contribution in [0.15, 0.2) is 54.6 Å². The third-order valence-corrected chi connectivity index (χ3v) is 5.84. The van der Waals surface area contributed by atoms with Gasteiger partial charge in [0.2, 0.25) is 0 Å². The molecule has 0 unspecified atom stereocenters. The average Bonchev–Trinajstić information content (AvgIpc) is 2.97. The highest BCUT2D eigenvalue weighted by atomic mass is 127. The van der Waals surface area contributed by atoms with E-state index in [-0.39, 0.29) is 5.91 Å². The Hall–Kier alpha value is -2.19. The van der Waals surface area contributed by atoms with E-state index in [1.807, 2.05) is 55.5 Å². The Morgan fingerprint density at radius 2 is 1.69 bits per heavy atom. The molecule has 0 aliphatic rings. The zero-order valence-corrected chi connectivity index (χ0v) is 17.2. The molecule has 0 radical (unpaired) electrons. The molecule has 1 amide bonds. The number of carbonyl (C=O) groups is 2. The van der Waals surface area contributed by atoms with E-state index in [2.05, 4.69) is 27.9 Å². The van der Waals surface area contributed by atoms with Crippen LogP contribution in [-0.4, -0.2) is 19.0 Å². The highest BCUT2D eigenvalue weighted by Crippen LogP contribution is 2.40. The third-order valence-electron chi connectivity index (χ3n) is 3.88. The lowest BCUT2D eigenvalue weighted by Gasteiger charge is -2.09. The van der Waals surface area contributed by atoms with Crippen molar-refractivity contribution in [2.24, 2.45) is 0 Å². The van der Waals surface area contributed by atoms with E-state index in [9.17, 15) is 9.59 Å². The van der Waals surface area contributed by atoms with Crippen molar-refractivity contribution < 1.29 is 14.3 Å². The summed E-state index contributed by atoms with van der Waals surface area (Å²) in [4.78, 5) is 26.1. The fraction of sp³-hybridized carbons (Fsp3) is 0.100. The largest absolute Gasteiger partial charge is 0.465 e. The van der Waals surface area contributed by atoms with E-state index in [1.165, 1.54) is 18.4 Å². The molecule has 0 spiro atoms. The molecule has 4 nitrogen and oxygen atoms in total. The predicted octanol–water partition coefficient (Wildman–Crippen LogP) is 5.37. The van der Waals surface area contributed by atoms with E-state index in [4.69, 9.17) is 4.74 Å². The summed E-state index contributed by atoms with van der Waals surface area (Å²) in [6.07, 6.45) is 0. The normalized spacial score (nSPS) is 10.4. The number of methoxy groups -OCH3 is 1. The number of hydrogen-bond donors (Lipinski definition) is 1. The minimum Gasteiger partial charge on any atom is -0.465 e. The fourth-order valence-electron chi connectivity index (χ4n) is 2.70. The Balaban J connectivity index is 2.07. The SMILES string of the molecule is COC(=O)c1c(NC(=O)c2ccccc2I)sc(C)c1-c1ccccc1. The summed E-state index contributed by atoms with van der Waals surface area (Å²) in [5.74, 6) is -0.715. The van der Waals surface area contributed by atoms with Crippen molar-refractivity contribution in [1.82, 2.24) is 0 Å². The summed E-state index contributed by atoms with van der Waals surface area (Å²) in [6, 6.07) is 16.9. The van der Waals surface area contributed by atoms with Crippen molar-refractivity contribution in [1.29, 1.82) is 0 Å². The minimum atomic E-state index is -0.466. The van der Waals surface area contributed by atoms with E-state index >= 15 is 0 Å². The lowest BCUT2D eigenvalue weighted by Crippen LogP contribution is -2.15. The van der Waals surface area contributed by atoms with Gasteiger partial charge in [-0.25, -0.2) is 4.79 Å². The van der Waals surface area contributed by atoms with Gasteiger partial charge in [0.25, 0.3) is 5.91 Å². The maximum Gasteiger partial charge on any atom is 0.341 e. The van der Waals surface area contributed by atoms with Crippen molar-refractivity contribution in [2.45, 2.75) is 6.92 Å². The average molecular weight is 477 g/mol. The standard InChI is InChI=1S/C20H16INO3S/c1-12-16(13-8-4-3-5-9-13)17(20(24)25-2)19(26-12)22-18(23)14-10-6-7-11-15(14)21/h3-11H,1-2H3,(H,22,23). The number of anilines is 1.